The minimum atomic E-state index is -0.0919. The van der Waals surface area contributed by atoms with Gasteiger partial charge in [0, 0.05) is 0 Å². The smallest absolute Gasteiger partial charge is 0.157 e. The second-order valence-electron chi connectivity index (χ2n) is 2.36. The molecule has 1 aromatic carbocycles. The first-order valence-corrected chi connectivity index (χ1v) is 3.45. The maximum Gasteiger partial charge on any atom is 0.157 e. The second kappa shape index (κ2) is 4.85. The third-order valence-corrected chi connectivity index (χ3v) is 1.47. The lowest BCUT2D eigenvalue weighted by Gasteiger charge is -2.00. The summed E-state index contributed by atoms with van der Waals surface area (Å²) < 4.78 is 0. The lowest BCUT2D eigenvalue weighted by atomic mass is 10.2. The van der Waals surface area contributed by atoms with Gasteiger partial charge in [0.05, 0.1) is 0 Å². The van der Waals surface area contributed by atoms with Gasteiger partial charge >= 0.3 is 0 Å². The lowest BCUT2D eigenvalue weighted by Crippen LogP contribution is -2.02. The molecule has 0 unspecified atom stereocenters. The van der Waals surface area contributed by atoms with Crippen LogP contribution in [0.15, 0.2) is 18.2 Å². The van der Waals surface area contributed by atoms with Gasteiger partial charge in [0.15, 0.2) is 11.5 Å². The Morgan fingerprint density at radius 1 is 1.17 bits per heavy atom. The highest BCUT2D eigenvalue weighted by molar-refractivity contribution is 5.85. The maximum absolute atomic E-state index is 9.04. The first-order valence-electron chi connectivity index (χ1n) is 3.45. The third-order valence-electron chi connectivity index (χ3n) is 1.47. The van der Waals surface area contributed by atoms with Crippen molar-refractivity contribution in [2.75, 3.05) is 6.54 Å². The van der Waals surface area contributed by atoms with E-state index in [-0.39, 0.29) is 23.9 Å². The van der Waals surface area contributed by atoms with E-state index in [1.54, 1.807) is 6.07 Å². The van der Waals surface area contributed by atoms with E-state index in [9.17, 15) is 0 Å². The minimum Gasteiger partial charge on any atom is -0.504 e. The lowest BCUT2D eigenvalue weighted by molar-refractivity contribution is 0.403. The van der Waals surface area contributed by atoms with Crippen molar-refractivity contribution in [2.24, 2.45) is 5.73 Å². The Bertz CT molecular complexity index is 253. The molecular weight excluding hydrogens is 179 g/mol. The summed E-state index contributed by atoms with van der Waals surface area (Å²) in [5.74, 6) is -0.179. The van der Waals surface area contributed by atoms with Crippen LogP contribution in [-0.4, -0.2) is 16.8 Å². The number of phenolic OH excluding ortho intramolecular Hbond substituents is 2. The van der Waals surface area contributed by atoms with Gasteiger partial charge in [-0.05, 0) is 30.7 Å². The van der Waals surface area contributed by atoms with Crippen LogP contribution in [0.1, 0.15) is 5.56 Å². The Hall–Kier alpha value is -0.930. The van der Waals surface area contributed by atoms with E-state index < -0.39 is 0 Å². The third kappa shape index (κ3) is 2.60. The molecule has 0 aliphatic carbocycles. The van der Waals surface area contributed by atoms with Gasteiger partial charge < -0.3 is 15.9 Å². The molecule has 0 bridgehead atoms. The monoisotopic (exact) mass is 190 g/mol. The van der Waals surface area contributed by atoms with Gasteiger partial charge in [-0.2, -0.15) is 0 Å². The van der Waals surface area contributed by atoms with E-state index in [2.05, 4.69) is 0 Å². The van der Waals surface area contributed by atoms with Gasteiger partial charge in [0.2, 0.25) is 0 Å². The number of benzene rings is 1. The first-order chi connectivity index (χ1) is 5.24. The Morgan fingerprint density at radius 3 is 2.33 bits per heavy atom. The molecule has 0 amide bonds. The molecule has 3 nitrogen and oxygen atoms in total. The molecule has 0 aliphatic rings. The average Bonchev–Trinajstić information content (AvgIpc) is 1.98. The van der Waals surface area contributed by atoms with E-state index in [1.165, 1.54) is 12.1 Å². The van der Waals surface area contributed by atoms with Crippen molar-refractivity contribution >= 4 is 12.4 Å². The minimum absolute atomic E-state index is 0. The van der Waals surface area contributed by atoms with Crippen molar-refractivity contribution in [1.82, 2.24) is 0 Å². The van der Waals surface area contributed by atoms with Crippen molar-refractivity contribution in [3.8, 4) is 11.5 Å². The molecule has 1 aromatic rings. The summed E-state index contributed by atoms with van der Waals surface area (Å²) in [5.41, 5.74) is 6.24. The summed E-state index contributed by atoms with van der Waals surface area (Å²) in [4.78, 5) is 0. The van der Waals surface area contributed by atoms with Crippen LogP contribution in [-0.2, 0) is 6.42 Å². The summed E-state index contributed by atoms with van der Waals surface area (Å²) in [7, 11) is 0. The Morgan fingerprint density at radius 2 is 1.83 bits per heavy atom. The molecular formula is C8H12ClNO2. The summed E-state index contributed by atoms with van der Waals surface area (Å²) in [6, 6.07) is 4.71. The topological polar surface area (TPSA) is 66.5 Å². The van der Waals surface area contributed by atoms with Crippen LogP contribution < -0.4 is 5.73 Å². The van der Waals surface area contributed by atoms with Crippen molar-refractivity contribution < 1.29 is 10.2 Å². The van der Waals surface area contributed by atoms with Gasteiger partial charge in [0.25, 0.3) is 0 Å². The zero-order valence-electron chi connectivity index (χ0n) is 6.53. The average molecular weight is 191 g/mol. The normalized spacial score (nSPS) is 9.08. The molecule has 68 valence electrons. The maximum atomic E-state index is 9.04. The zero-order valence-corrected chi connectivity index (χ0v) is 7.34. The number of hydrogen-bond donors (Lipinski definition) is 3. The van der Waals surface area contributed by atoms with Crippen LogP contribution >= 0.6 is 12.4 Å². The fourth-order valence-electron chi connectivity index (χ4n) is 0.891. The molecule has 0 saturated carbocycles. The van der Waals surface area contributed by atoms with Crippen LogP contribution in [0.2, 0.25) is 0 Å². The van der Waals surface area contributed by atoms with Crippen LogP contribution in [0.3, 0.4) is 0 Å². The van der Waals surface area contributed by atoms with Crippen LogP contribution in [0.4, 0.5) is 0 Å². The molecule has 0 aromatic heterocycles. The SMILES string of the molecule is Cl.N[13CH2]Cc1ccc(O)c(O)c1. The summed E-state index contributed by atoms with van der Waals surface area (Å²) in [6.07, 6.45) is 0.716. The van der Waals surface area contributed by atoms with Crippen LogP contribution in [0, 0.1) is 0 Å². The van der Waals surface area contributed by atoms with Gasteiger partial charge in [-0.15, -0.1) is 12.4 Å². The number of hydrogen-bond acceptors (Lipinski definition) is 3. The highest BCUT2D eigenvalue weighted by Gasteiger charge is 1.98. The van der Waals surface area contributed by atoms with E-state index in [4.69, 9.17) is 15.9 Å². The molecule has 0 saturated heterocycles. The second-order valence-corrected chi connectivity index (χ2v) is 2.36. The molecule has 12 heavy (non-hydrogen) atoms. The molecule has 0 atom stereocenters. The fraction of sp³-hybridized carbons (Fsp3) is 0.250. The van der Waals surface area contributed by atoms with Crippen LogP contribution in [0.5, 0.6) is 11.5 Å². The number of halogens is 1. The summed E-state index contributed by atoms with van der Waals surface area (Å²) in [6.45, 7) is 0.546. The zero-order chi connectivity index (χ0) is 8.27. The van der Waals surface area contributed by atoms with E-state index in [0.29, 0.717) is 13.0 Å². The summed E-state index contributed by atoms with van der Waals surface area (Å²) in [5, 5.41) is 18.0. The molecule has 1 rings (SSSR count). The van der Waals surface area contributed by atoms with E-state index in [1.807, 2.05) is 0 Å². The number of phenols is 2. The molecule has 0 fully saturated rings. The standard InChI is InChI=1S/C8H11NO2.ClH/c9-4-3-6-1-2-7(10)8(11)5-6;/h1-2,5,10-11H,3-4,9H2;1H/i4+1;. The molecule has 4 heteroatoms. The predicted octanol–water partition coefficient (Wildman–Crippen LogP) is 1.02. The van der Waals surface area contributed by atoms with Crippen LogP contribution in [0.25, 0.3) is 0 Å². The van der Waals surface area contributed by atoms with Gasteiger partial charge in [-0.3, -0.25) is 0 Å². The molecule has 0 spiro atoms. The van der Waals surface area contributed by atoms with Gasteiger partial charge in [-0.25, -0.2) is 0 Å². The molecule has 0 radical (unpaired) electrons. The van der Waals surface area contributed by atoms with Gasteiger partial charge in [-0.1, -0.05) is 6.07 Å². The molecule has 0 aliphatic heterocycles. The van der Waals surface area contributed by atoms with Crippen molar-refractivity contribution in [3.63, 3.8) is 0 Å². The highest BCUT2D eigenvalue weighted by Crippen LogP contribution is 2.24. The first kappa shape index (κ1) is 11.1. The quantitative estimate of drug-likeness (QED) is 0.482. The number of rotatable bonds is 2. The Labute approximate surface area is 77.2 Å². The predicted molar refractivity (Wildman–Crippen MR) is 49.8 cm³/mol. The molecule has 4 N–H and O–H groups in total. The fourth-order valence-corrected chi connectivity index (χ4v) is 0.891. The Kier molecular flexibility index (Phi) is 4.47. The van der Waals surface area contributed by atoms with Crippen molar-refractivity contribution in [3.05, 3.63) is 23.8 Å². The van der Waals surface area contributed by atoms with Crippen molar-refractivity contribution in [2.45, 2.75) is 6.42 Å². The van der Waals surface area contributed by atoms with Crippen molar-refractivity contribution in [1.29, 1.82) is 0 Å². The highest BCUT2D eigenvalue weighted by atomic mass is 35.5. The van der Waals surface area contributed by atoms with E-state index in [0.717, 1.165) is 5.56 Å². The van der Waals surface area contributed by atoms with E-state index >= 15 is 0 Å². The number of nitrogens with two attached hydrogens (primary N) is 1. The molecule has 0 heterocycles. The summed E-state index contributed by atoms with van der Waals surface area (Å²) >= 11 is 0. The largest absolute Gasteiger partial charge is 0.504 e. The van der Waals surface area contributed by atoms with Gasteiger partial charge in [0.1, 0.15) is 0 Å². The Balaban J connectivity index is 0.00000121. The number of aromatic hydroxyl groups is 2.